The normalized spacial score (nSPS) is 17.5. The number of morpholine rings is 1. The number of rotatable bonds is 3. The van der Waals surface area contributed by atoms with Gasteiger partial charge in [0.25, 0.3) is 0 Å². The van der Waals surface area contributed by atoms with E-state index in [-0.39, 0.29) is 24.0 Å². The van der Waals surface area contributed by atoms with Gasteiger partial charge in [-0.25, -0.2) is 4.79 Å². The highest BCUT2D eigenvalue weighted by Crippen LogP contribution is 2.49. The van der Waals surface area contributed by atoms with E-state index in [1.54, 1.807) is 11.8 Å². The number of benzene rings is 2. The first-order valence-electron chi connectivity index (χ1n) is 9.34. The molecule has 0 bridgehead atoms. The van der Waals surface area contributed by atoms with Gasteiger partial charge in [-0.2, -0.15) is 0 Å². The Hall–Kier alpha value is -1.65. The molecule has 156 valence electrons. The number of halogens is 1. The summed E-state index contributed by atoms with van der Waals surface area (Å²) in [5.41, 5.74) is 6.89. The number of nitrogens with one attached hydrogen (secondary N) is 1. The van der Waals surface area contributed by atoms with Gasteiger partial charge < -0.3 is 25.0 Å². The summed E-state index contributed by atoms with van der Waals surface area (Å²) in [5.74, 6) is -0.906. The number of carbonyl (C=O) groups is 1. The molecule has 2 aromatic carbocycles. The summed E-state index contributed by atoms with van der Waals surface area (Å²) in [4.78, 5) is 17.9. The predicted octanol–water partition coefficient (Wildman–Crippen LogP) is 4.49. The van der Waals surface area contributed by atoms with Crippen LogP contribution in [-0.2, 0) is 9.53 Å². The Bertz CT molecular complexity index is 951. The number of aryl methyl sites for hydroxylation is 2. The summed E-state index contributed by atoms with van der Waals surface area (Å²) in [6.07, 6.45) is -0.776. The maximum Gasteiger partial charge on any atom is 0.334 e. The lowest BCUT2D eigenvalue weighted by molar-refractivity contribution is -0.150. The van der Waals surface area contributed by atoms with Gasteiger partial charge in [-0.05, 0) is 49.2 Å². The van der Waals surface area contributed by atoms with Crippen LogP contribution in [-0.4, -0.2) is 51.0 Å². The molecule has 1 saturated heterocycles. The third-order valence-corrected chi connectivity index (χ3v) is 6.35. The van der Waals surface area contributed by atoms with Crippen molar-refractivity contribution in [2.24, 2.45) is 0 Å². The van der Waals surface area contributed by atoms with Gasteiger partial charge in [0.1, 0.15) is 0 Å². The van der Waals surface area contributed by atoms with Crippen molar-refractivity contribution >= 4 is 64.5 Å². The average Bonchev–Trinajstić information content (AvgIpc) is 2.66. The summed E-state index contributed by atoms with van der Waals surface area (Å²) < 4.78 is 5.37. The summed E-state index contributed by atoms with van der Waals surface area (Å²) in [6.45, 7) is 5.72. The van der Waals surface area contributed by atoms with Crippen LogP contribution in [0, 0.1) is 13.8 Å². The smallest absolute Gasteiger partial charge is 0.334 e. The molecule has 4 rings (SSSR count). The van der Waals surface area contributed by atoms with Crippen LogP contribution in [0.25, 0.3) is 0 Å². The lowest BCUT2D eigenvalue weighted by atomic mass is 10.1. The SMILES string of the molecule is Cc1cc(N(C)C)cc2c1Nc1c(C)cc(N3CCOC(C(=O)O)C3)cc1S2.I. The second-order valence-corrected chi connectivity index (χ2v) is 8.62. The molecule has 6 nitrogen and oxygen atoms in total. The van der Waals surface area contributed by atoms with E-state index < -0.39 is 12.1 Å². The molecule has 2 aliphatic rings. The second-order valence-electron chi connectivity index (χ2n) is 7.54. The Labute approximate surface area is 192 Å². The highest BCUT2D eigenvalue weighted by Gasteiger charge is 2.28. The van der Waals surface area contributed by atoms with Crippen LogP contribution < -0.4 is 15.1 Å². The van der Waals surface area contributed by atoms with Crippen molar-refractivity contribution in [3.8, 4) is 0 Å². The molecular formula is C21H26IN3O3S. The first kappa shape index (κ1) is 22.0. The predicted molar refractivity (Wildman–Crippen MR) is 129 cm³/mol. The standard InChI is InChI=1S/C21H25N3O3S.HI/c1-12-7-14(23(3)4)9-17-19(12)22-20-13(2)8-15(10-18(20)28-17)24-5-6-27-16(11-24)21(25)26;/h7-10,16,22H,5-6,11H2,1-4H3,(H,25,26);1H. The van der Waals surface area contributed by atoms with Gasteiger partial charge >= 0.3 is 5.97 Å². The molecule has 2 aliphatic heterocycles. The zero-order valence-corrected chi connectivity index (χ0v) is 20.1. The summed E-state index contributed by atoms with van der Waals surface area (Å²) in [6, 6.07) is 8.69. The molecule has 8 heteroatoms. The number of aliphatic carboxylic acids is 1. The van der Waals surface area contributed by atoms with Crippen LogP contribution in [0.5, 0.6) is 0 Å². The van der Waals surface area contributed by atoms with Gasteiger partial charge in [0, 0.05) is 41.8 Å². The first-order valence-corrected chi connectivity index (χ1v) is 10.2. The number of ether oxygens (including phenoxy) is 1. The molecule has 0 saturated carbocycles. The number of anilines is 4. The fourth-order valence-corrected chi connectivity index (χ4v) is 4.90. The first-order chi connectivity index (χ1) is 13.3. The molecule has 1 fully saturated rings. The van der Waals surface area contributed by atoms with Gasteiger partial charge in [-0.15, -0.1) is 24.0 Å². The molecule has 0 aliphatic carbocycles. The van der Waals surface area contributed by atoms with Crippen molar-refractivity contribution in [1.82, 2.24) is 0 Å². The maximum atomic E-state index is 11.3. The quantitative estimate of drug-likeness (QED) is 0.487. The fraction of sp³-hybridized carbons (Fsp3) is 0.381. The van der Waals surface area contributed by atoms with Gasteiger partial charge in [-0.3, -0.25) is 0 Å². The highest BCUT2D eigenvalue weighted by molar-refractivity contribution is 14.0. The molecule has 0 aromatic heterocycles. The zero-order valence-electron chi connectivity index (χ0n) is 17.0. The van der Waals surface area contributed by atoms with Crippen LogP contribution in [0.3, 0.4) is 0 Å². The molecule has 2 heterocycles. The van der Waals surface area contributed by atoms with Crippen molar-refractivity contribution in [2.75, 3.05) is 48.9 Å². The summed E-state index contributed by atoms with van der Waals surface area (Å²) in [5, 5.41) is 12.9. The molecule has 1 atom stereocenters. The van der Waals surface area contributed by atoms with E-state index in [2.05, 4.69) is 67.3 Å². The van der Waals surface area contributed by atoms with Crippen molar-refractivity contribution in [3.63, 3.8) is 0 Å². The lowest BCUT2D eigenvalue weighted by Crippen LogP contribution is -2.46. The Morgan fingerprint density at radius 1 is 1.17 bits per heavy atom. The van der Waals surface area contributed by atoms with E-state index in [0.29, 0.717) is 19.7 Å². The number of carboxylic acid groups (broad SMARTS) is 1. The average molecular weight is 527 g/mol. The zero-order chi connectivity index (χ0) is 20.0. The molecule has 0 amide bonds. The number of hydrogen-bond acceptors (Lipinski definition) is 6. The molecule has 29 heavy (non-hydrogen) atoms. The number of fused-ring (bicyclic) bond motifs is 2. The number of carboxylic acids is 1. The van der Waals surface area contributed by atoms with Crippen LogP contribution in [0.1, 0.15) is 11.1 Å². The summed E-state index contributed by atoms with van der Waals surface area (Å²) in [7, 11) is 4.10. The third-order valence-electron chi connectivity index (χ3n) is 5.26. The Morgan fingerprint density at radius 2 is 1.83 bits per heavy atom. The fourth-order valence-electron chi connectivity index (χ4n) is 3.67. The molecule has 0 radical (unpaired) electrons. The largest absolute Gasteiger partial charge is 0.479 e. The van der Waals surface area contributed by atoms with Crippen molar-refractivity contribution in [2.45, 2.75) is 29.7 Å². The van der Waals surface area contributed by atoms with Gasteiger partial charge in [0.15, 0.2) is 6.10 Å². The van der Waals surface area contributed by atoms with Crippen LogP contribution in [0.15, 0.2) is 34.1 Å². The molecule has 0 spiro atoms. The molecule has 1 unspecified atom stereocenters. The Kier molecular flexibility index (Phi) is 6.54. The van der Waals surface area contributed by atoms with Gasteiger partial charge in [-0.1, -0.05) is 11.8 Å². The minimum Gasteiger partial charge on any atom is -0.479 e. The van der Waals surface area contributed by atoms with E-state index in [1.807, 2.05) is 0 Å². The van der Waals surface area contributed by atoms with E-state index in [9.17, 15) is 9.90 Å². The molecule has 2 N–H and O–H groups in total. The number of hydrogen-bond donors (Lipinski definition) is 2. The second kappa shape index (κ2) is 8.61. The lowest BCUT2D eigenvalue weighted by Gasteiger charge is -2.34. The van der Waals surface area contributed by atoms with E-state index in [1.165, 1.54) is 16.1 Å². The van der Waals surface area contributed by atoms with Crippen molar-refractivity contribution in [1.29, 1.82) is 0 Å². The third kappa shape index (κ3) is 4.29. The molecular weight excluding hydrogens is 501 g/mol. The Morgan fingerprint density at radius 3 is 2.48 bits per heavy atom. The van der Waals surface area contributed by atoms with Crippen LogP contribution in [0.4, 0.5) is 22.7 Å². The van der Waals surface area contributed by atoms with E-state index in [0.717, 1.165) is 27.5 Å². The van der Waals surface area contributed by atoms with Gasteiger partial charge in [0.2, 0.25) is 0 Å². The van der Waals surface area contributed by atoms with Crippen molar-refractivity contribution < 1.29 is 14.6 Å². The van der Waals surface area contributed by atoms with Gasteiger partial charge in [0.05, 0.1) is 24.5 Å². The molecule has 2 aromatic rings. The topological polar surface area (TPSA) is 65.0 Å². The van der Waals surface area contributed by atoms with E-state index >= 15 is 0 Å². The highest BCUT2D eigenvalue weighted by atomic mass is 127. The Balaban J connectivity index is 0.00000240. The van der Waals surface area contributed by atoms with Crippen molar-refractivity contribution in [3.05, 3.63) is 35.4 Å². The minimum atomic E-state index is -0.906. The minimum absolute atomic E-state index is 0. The maximum absolute atomic E-state index is 11.3. The summed E-state index contributed by atoms with van der Waals surface area (Å²) >= 11 is 1.76. The van der Waals surface area contributed by atoms with Crippen LogP contribution >= 0.6 is 35.7 Å². The number of nitrogens with zero attached hydrogens (tertiary/aromatic N) is 2. The van der Waals surface area contributed by atoms with Crippen LogP contribution in [0.2, 0.25) is 0 Å². The monoisotopic (exact) mass is 527 g/mol. The van der Waals surface area contributed by atoms with E-state index in [4.69, 9.17) is 4.74 Å².